The summed E-state index contributed by atoms with van der Waals surface area (Å²) in [5.41, 5.74) is 0. The van der Waals surface area contributed by atoms with Gasteiger partial charge in [0.1, 0.15) is 0 Å². The molecule has 0 spiro atoms. The molecule has 1 rings (SSSR count). The molecule has 1 aromatic rings. The lowest BCUT2D eigenvalue weighted by molar-refractivity contribution is 0.0949. The van der Waals surface area contributed by atoms with Crippen LogP contribution in [0.1, 0.15) is 10.6 Å². The van der Waals surface area contributed by atoms with Crippen LogP contribution in [-0.4, -0.2) is 22.4 Å². The minimum absolute atomic E-state index is 0.0810. The summed E-state index contributed by atoms with van der Waals surface area (Å²) in [5.74, 6) is -0.530. The number of carbonyl (C=O) groups is 1. The van der Waals surface area contributed by atoms with Crippen molar-refractivity contribution in [3.05, 3.63) is 18.2 Å². The van der Waals surface area contributed by atoms with Crippen LogP contribution >= 0.6 is 0 Å². The predicted molar refractivity (Wildman–Crippen MR) is 28.9 cm³/mol. The lowest BCUT2D eigenvalue weighted by Gasteiger charge is -1.84. The van der Waals surface area contributed by atoms with E-state index in [1.165, 1.54) is 12.4 Å². The minimum atomic E-state index is -0.993. The standard InChI is InChI=1S/C5H5FN2O/c6-3-4(9)5-7-1-2-8-5/h1-2H,3H2,(H,7,8). The number of hydrogen-bond donors (Lipinski definition) is 1. The fourth-order valence-electron chi connectivity index (χ4n) is 0.481. The molecule has 0 saturated heterocycles. The van der Waals surface area contributed by atoms with Gasteiger partial charge < -0.3 is 4.98 Å². The van der Waals surface area contributed by atoms with Crippen LogP contribution in [0.15, 0.2) is 12.4 Å². The second-order valence-electron chi connectivity index (χ2n) is 1.49. The van der Waals surface area contributed by atoms with E-state index in [2.05, 4.69) is 9.97 Å². The van der Waals surface area contributed by atoms with E-state index in [0.717, 1.165) is 0 Å². The average Bonchev–Trinajstić information content (AvgIpc) is 2.37. The first-order valence-electron chi connectivity index (χ1n) is 2.43. The number of H-pyrrole nitrogens is 1. The molecule has 0 bridgehead atoms. The van der Waals surface area contributed by atoms with Gasteiger partial charge >= 0.3 is 0 Å². The van der Waals surface area contributed by atoms with Crippen LogP contribution in [0.4, 0.5) is 4.39 Å². The van der Waals surface area contributed by atoms with Crippen molar-refractivity contribution in [2.45, 2.75) is 0 Å². The molecule has 0 aliphatic rings. The maximum Gasteiger partial charge on any atom is 0.228 e. The Kier molecular flexibility index (Phi) is 1.58. The van der Waals surface area contributed by atoms with Crippen LogP contribution in [0.25, 0.3) is 0 Å². The minimum Gasteiger partial charge on any atom is -0.342 e. The van der Waals surface area contributed by atoms with Crippen molar-refractivity contribution in [2.75, 3.05) is 6.67 Å². The first kappa shape index (κ1) is 5.94. The Morgan fingerprint density at radius 1 is 1.89 bits per heavy atom. The molecule has 9 heavy (non-hydrogen) atoms. The highest BCUT2D eigenvalue weighted by atomic mass is 19.1. The number of aromatic amines is 1. The van der Waals surface area contributed by atoms with Gasteiger partial charge in [0.05, 0.1) is 0 Å². The molecule has 48 valence electrons. The Morgan fingerprint density at radius 2 is 2.67 bits per heavy atom. The average molecular weight is 128 g/mol. The second kappa shape index (κ2) is 2.39. The normalized spacial score (nSPS) is 9.44. The molecule has 0 aromatic carbocycles. The van der Waals surface area contributed by atoms with Crippen molar-refractivity contribution >= 4 is 5.78 Å². The van der Waals surface area contributed by atoms with Crippen molar-refractivity contribution < 1.29 is 9.18 Å². The van der Waals surface area contributed by atoms with Gasteiger partial charge in [0.25, 0.3) is 0 Å². The van der Waals surface area contributed by atoms with E-state index in [4.69, 9.17) is 0 Å². The van der Waals surface area contributed by atoms with Crippen LogP contribution in [0, 0.1) is 0 Å². The molecule has 0 saturated carbocycles. The van der Waals surface area contributed by atoms with Crippen molar-refractivity contribution in [1.82, 2.24) is 9.97 Å². The maximum atomic E-state index is 11.5. The Labute approximate surface area is 50.9 Å². The number of Topliss-reactive ketones (excluding diaryl/α,β-unsaturated/α-hetero) is 1. The molecular formula is C5H5FN2O. The number of aromatic nitrogens is 2. The fraction of sp³-hybridized carbons (Fsp3) is 0.200. The topological polar surface area (TPSA) is 45.8 Å². The zero-order chi connectivity index (χ0) is 6.69. The van der Waals surface area contributed by atoms with Gasteiger partial charge in [0.2, 0.25) is 5.78 Å². The van der Waals surface area contributed by atoms with Gasteiger partial charge in [-0.3, -0.25) is 4.79 Å². The fourth-order valence-corrected chi connectivity index (χ4v) is 0.481. The Bertz CT molecular complexity index is 195. The molecule has 1 N–H and O–H groups in total. The van der Waals surface area contributed by atoms with Gasteiger partial charge in [0.15, 0.2) is 12.5 Å². The number of hydrogen-bond acceptors (Lipinski definition) is 2. The third kappa shape index (κ3) is 1.13. The highest BCUT2D eigenvalue weighted by molar-refractivity contribution is 5.93. The van der Waals surface area contributed by atoms with E-state index in [1.54, 1.807) is 0 Å². The largest absolute Gasteiger partial charge is 0.342 e. The summed E-state index contributed by atoms with van der Waals surface area (Å²) in [6.45, 7) is -0.993. The van der Waals surface area contributed by atoms with Crippen molar-refractivity contribution in [2.24, 2.45) is 0 Å². The number of imidazole rings is 1. The van der Waals surface area contributed by atoms with Crippen LogP contribution < -0.4 is 0 Å². The number of ketones is 1. The van der Waals surface area contributed by atoms with Gasteiger partial charge in [-0.25, -0.2) is 9.37 Å². The van der Waals surface area contributed by atoms with Gasteiger partial charge in [-0.05, 0) is 0 Å². The van der Waals surface area contributed by atoms with E-state index in [1.807, 2.05) is 0 Å². The SMILES string of the molecule is O=C(CF)c1ncc[nH]1. The highest BCUT2D eigenvalue weighted by Crippen LogP contribution is 1.89. The third-order valence-electron chi connectivity index (χ3n) is 0.884. The summed E-state index contributed by atoms with van der Waals surface area (Å²) in [6, 6.07) is 0. The third-order valence-corrected chi connectivity index (χ3v) is 0.884. The first-order valence-corrected chi connectivity index (χ1v) is 2.43. The molecule has 0 unspecified atom stereocenters. The molecule has 1 aromatic heterocycles. The lowest BCUT2D eigenvalue weighted by atomic mass is 10.4. The van der Waals surface area contributed by atoms with Crippen molar-refractivity contribution in [1.29, 1.82) is 0 Å². The Morgan fingerprint density at radius 3 is 3.11 bits per heavy atom. The van der Waals surface area contributed by atoms with Gasteiger partial charge in [-0.15, -0.1) is 0 Å². The molecule has 0 aliphatic heterocycles. The smallest absolute Gasteiger partial charge is 0.228 e. The van der Waals surface area contributed by atoms with Gasteiger partial charge in [0, 0.05) is 12.4 Å². The molecule has 0 fully saturated rings. The number of carbonyl (C=O) groups excluding carboxylic acids is 1. The summed E-state index contributed by atoms with van der Waals surface area (Å²) < 4.78 is 11.5. The number of halogens is 1. The first-order chi connectivity index (χ1) is 4.34. The molecule has 4 heteroatoms. The van der Waals surface area contributed by atoms with Crippen LogP contribution in [0.3, 0.4) is 0 Å². The molecule has 0 atom stereocenters. The summed E-state index contributed by atoms with van der Waals surface area (Å²) in [7, 11) is 0. The van der Waals surface area contributed by atoms with E-state index in [9.17, 15) is 9.18 Å². The predicted octanol–water partition coefficient (Wildman–Crippen LogP) is 0.562. The summed E-state index contributed by atoms with van der Waals surface area (Å²) in [5, 5.41) is 0. The summed E-state index contributed by atoms with van der Waals surface area (Å²) in [4.78, 5) is 16.4. The van der Waals surface area contributed by atoms with Crippen LogP contribution in [0.2, 0.25) is 0 Å². The molecule has 1 heterocycles. The number of rotatable bonds is 2. The zero-order valence-corrected chi connectivity index (χ0v) is 4.60. The molecular weight excluding hydrogens is 123 g/mol. The Balaban J connectivity index is 2.77. The van der Waals surface area contributed by atoms with Crippen LogP contribution in [-0.2, 0) is 0 Å². The number of nitrogens with zero attached hydrogens (tertiary/aromatic N) is 1. The maximum absolute atomic E-state index is 11.5. The lowest BCUT2D eigenvalue weighted by Crippen LogP contribution is -2.02. The Hall–Kier alpha value is -1.19. The second-order valence-corrected chi connectivity index (χ2v) is 1.49. The molecule has 0 aliphatic carbocycles. The van der Waals surface area contributed by atoms with Crippen molar-refractivity contribution in [3.63, 3.8) is 0 Å². The number of nitrogens with one attached hydrogen (secondary N) is 1. The summed E-state index contributed by atoms with van der Waals surface area (Å²) in [6.07, 6.45) is 2.88. The van der Waals surface area contributed by atoms with E-state index in [0.29, 0.717) is 0 Å². The van der Waals surface area contributed by atoms with Crippen LogP contribution in [0.5, 0.6) is 0 Å². The molecule has 0 radical (unpaired) electrons. The summed E-state index contributed by atoms with van der Waals surface area (Å²) >= 11 is 0. The number of alkyl halides is 1. The quantitative estimate of drug-likeness (QED) is 0.591. The molecule has 3 nitrogen and oxygen atoms in total. The van der Waals surface area contributed by atoms with Crippen molar-refractivity contribution in [3.8, 4) is 0 Å². The monoisotopic (exact) mass is 128 g/mol. The zero-order valence-electron chi connectivity index (χ0n) is 4.60. The van der Waals surface area contributed by atoms with Gasteiger partial charge in [-0.1, -0.05) is 0 Å². The van der Waals surface area contributed by atoms with Gasteiger partial charge in [-0.2, -0.15) is 0 Å². The molecule has 0 amide bonds. The van der Waals surface area contributed by atoms with E-state index >= 15 is 0 Å². The van der Waals surface area contributed by atoms with E-state index < -0.39 is 12.5 Å². The highest BCUT2D eigenvalue weighted by Gasteiger charge is 2.04. The van der Waals surface area contributed by atoms with E-state index in [-0.39, 0.29) is 5.82 Å².